The lowest BCUT2D eigenvalue weighted by molar-refractivity contribution is 0.325. The molecule has 0 aromatic heterocycles. The lowest BCUT2D eigenvalue weighted by atomic mass is 10.2. The molecule has 78 valence electrons. The Morgan fingerprint density at radius 3 is 2.85 bits per heavy atom. The van der Waals surface area contributed by atoms with E-state index in [2.05, 4.69) is 24.1 Å². The Balaban J connectivity index is 1.88. The number of nitrogens with zero attached hydrogens (tertiary/aromatic N) is 1. The molecule has 1 aliphatic heterocycles. The summed E-state index contributed by atoms with van der Waals surface area (Å²) in [6.45, 7) is 10.8. The van der Waals surface area contributed by atoms with Crippen molar-refractivity contribution in [2.75, 3.05) is 32.7 Å². The predicted molar refractivity (Wildman–Crippen MR) is 58.0 cm³/mol. The first-order chi connectivity index (χ1) is 6.33. The van der Waals surface area contributed by atoms with Gasteiger partial charge in [0.1, 0.15) is 0 Å². The van der Waals surface area contributed by atoms with Crippen LogP contribution in [0.25, 0.3) is 0 Å². The summed E-state index contributed by atoms with van der Waals surface area (Å²) < 4.78 is 0. The zero-order chi connectivity index (χ0) is 9.52. The summed E-state index contributed by atoms with van der Waals surface area (Å²) in [5.41, 5.74) is 0. The molecular formula is C11H24N2. The van der Waals surface area contributed by atoms with Gasteiger partial charge in [0.25, 0.3) is 0 Å². The topological polar surface area (TPSA) is 15.3 Å². The normalized spacial score (nSPS) is 24.0. The Morgan fingerprint density at radius 1 is 1.38 bits per heavy atom. The average Bonchev–Trinajstić information content (AvgIpc) is 2.51. The maximum absolute atomic E-state index is 3.49. The first kappa shape index (κ1) is 11.0. The summed E-state index contributed by atoms with van der Waals surface area (Å²) >= 11 is 0. The van der Waals surface area contributed by atoms with Crippen molar-refractivity contribution >= 4 is 0 Å². The van der Waals surface area contributed by atoms with Crippen molar-refractivity contribution in [1.82, 2.24) is 10.2 Å². The standard InChI is InChI=1S/C11H24N2/c1-3-4-6-12-7-9-13-8-5-11(2)10-13/h11-12H,3-10H2,1-2H3. The smallest absolute Gasteiger partial charge is 0.0107 e. The van der Waals surface area contributed by atoms with Crippen LogP contribution in [0.2, 0.25) is 0 Å². The second kappa shape index (κ2) is 6.39. The molecule has 0 radical (unpaired) electrons. The van der Waals surface area contributed by atoms with Gasteiger partial charge in [0.05, 0.1) is 0 Å². The molecule has 1 atom stereocenters. The molecule has 0 aliphatic carbocycles. The third-order valence-corrected chi connectivity index (χ3v) is 2.82. The Hall–Kier alpha value is -0.0800. The minimum Gasteiger partial charge on any atom is -0.315 e. The van der Waals surface area contributed by atoms with Gasteiger partial charge in [0.15, 0.2) is 0 Å². The van der Waals surface area contributed by atoms with Crippen molar-refractivity contribution in [2.24, 2.45) is 5.92 Å². The summed E-state index contributed by atoms with van der Waals surface area (Å²) in [5, 5.41) is 3.49. The molecular weight excluding hydrogens is 160 g/mol. The van der Waals surface area contributed by atoms with Crippen LogP contribution in [0.15, 0.2) is 0 Å². The van der Waals surface area contributed by atoms with Crippen molar-refractivity contribution in [3.05, 3.63) is 0 Å². The van der Waals surface area contributed by atoms with Gasteiger partial charge in [-0.15, -0.1) is 0 Å². The summed E-state index contributed by atoms with van der Waals surface area (Å²) in [4.78, 5) is 2.57. The third-order valence-electron chi connectivity index (χ3n) is 2.82. The lowest BCUT2D eigenvalue weighted by Gasteiger charge is -2.15. The first-order valence-electron chi connectivity index (χ1n) is 5.76. The monoisotopic (exact) mass is 184 g/mol. The fourth-order valence-electron chi connectivity index (χ4n) is 1.89. The molecule has 1 aliphatic rings. The molecule has 2 nitrogen and oxygen atoms in total. The van der Waals surface area contributed by atoms with Crippen molar-refractivity contribution in [2.45, 2.75) is 33.1 Å². The van der Waals surface area contributed by atoms with Crippen LogP contribution in [0.5, 0.6) is 0 Å². The Kier molecular flexibility index (Phi) is 5.40. The van der Waals surface area contributed by atoms with Gasteiger partial charge in [-0.05, 0) is 31.8 Å². The maximum atomic E-state index is 3.49. The Labute approximate surface area is 82.7 Å². The van der Waals surface area contributed by atoms with Gasteiger partial charge in [0, 0.05) is 19.6 Å². The Bertz CT molecular complexity index is 125. The lowest BCUT2D eigenvalue weighted by Crippen LogP contribution is -2.30. The van der Waals surface area contributed by atoms with Gasteiger partial charge in [-0.1, -0.05) is 20.3 Å². The van der Waals surface area contributed by atoms with E-state index in [9.17, 15) is 0 Å². The number of likely N-dealkylation sites (tertiary alicyclic amines) is 1. The van der Waals surface area contributed by atoms with E-state index < -0.39 is 0 Å². The number of nitrogens with one attached hydrogen (secondary N) is 1. The molecule has 1 rings (SSSR count). The predicted octanol–water partition coefficient (Wildman–Crippen LogP) is 1.72. The van der Waals surface area contributed by atoms with E-state index >= 15 is 0 Å². The van der Waals surface area contributed by atoms with Crippen LogP contribution in [0.1, 0.15) is 33.1 Å². The van der Waals surface area contributed by atoms with Crippen molar-refractivity contribution in [1.29, 1.82) is 0 Å². The summed E-state index contributed by atoms with van der Waals surface area (Å²) in [6.07, 6.45) is 4.01. The highest BCUT2D eigenvalue weighted by Gasteiger charge is 2.17. The van der Waals surface area contributed by atoms with Crippen LogP contribution in [-0.4, -0.2) is 37.6 Å². The molecule has 1 heterocycles. The number of hydrogen-bond donors (Lipinski definition) is 1. The molecule has 0 aromatic carbocycles. The molecule has 13 heavy (non-hydrogen) atoms. The zero-order valence-electron chi connectivity index (χ0n) is 9.18. The number of rotatable bonds is 6. The summed E-state index contributed by atoms with van der Waals surface area (Å²) in [5.74, 6) is 0.927. The van der Waals surface area contributed by atoms with E-state index in [0.717, 1.165) is 5.92 Å². The van der Waals surface area contributed by atoms with Crippen molar-refractivity contribution in [3.63, 3.8) is 0 Å². The van der Waals surface area contributed by atoms with E-state index in [1.807, 2.05) is 0 Å². The zero-order valence-corrected chi connectivity index (χ0v) is 9.18. The molecule has 0 spiro atoms. The van der Waals surface area contributed by atoms with Gasteiger partial charge in [-0.2, -0.15) is 0 Å². The molecule has 1 saturated heterocycles. The minimum atomic E-state index is 0.927. The molecule has 0 aromatic rings. The van der Waals surface area contributed by atoms with E-state index in [1.165, 1.54) is 52.0 Å². The third kappa shape index (κ3) is 4.63. The van der Waals surface area contributed by atoms with E-state index in [4.69, 9.17) is 0 Å². The maximum Gasteiger partial charge on any atom is 0.0107 e. The fourth-order valence-corrected chi connectivity index (χ4v) is 1.89. The van der Waals surface area contributed by atoms with Crippen LogP contribution in [-0.2, 0) is 0 Å². The highest BCUT2D eigenvalue weighted by Crippen LogP contribution is 2.13. The SMILES string of the molecule is CCCCNCCN1CCC(C)C1. The van der Waals surface area contributed by atoms with E-state index in [-0.39, 0.29) is 0 Å². The van der Waals surface area contributed by atoms with Gasteiger partial charge in [-0.3, -0.25) is 0 Å². The van der Waals surface area contributed by atoms with E-state index in [1.54, 1.807) is 0 Å². The van der Waals surface area contributed by atoms with Crippen LogP contribution in [0.4, 0.5) is 0 Å². The summed E-state index contributed by atoms with van der Waals surface area (Å²) in [7, 11) is 0. The molecule has 1 N–H and O–H groups in total. The van der Waals surface area contributed by atoms with Gasteiger partial charge in [0.2, 0.25) is 0 Å². The molecule has 1 fully saturated rings. The summed E-state index contributed by atoms with van der Waals surface area (Å²) in [6, 6.07) is 0. The van der Waals surface area contributed by atoms with Crippen LogP contribution in [0.3, 0.4) is 0 Å². The van der Waals surface area contributed by atoms with Gasteiger partial charge < -0.3 is 10.2 Å². The van der Waals surface area contributed by atoms with Crippen LogP contribution in [0, 0.1) is 5.92 Å². The van der Waals surface area contributed by atoms with E-state index in [0.29, 0.717) is 0 Å². The second-order valence-corrected chi connectivity index (χ2v) is 4.30. The highest BCUT2D eigenvalue weighted by atomic mass is 15.2. The molecule has 2 heteroatoms. The van der Waals surface area contributed by atoms with Crippen molar-refractivity contribution < 1.29 is 0 Å². The fraction of sp³-hybridized carbons (Fsp3) is 1.00. The number of unbranched alkanes of at least 4 members (excludes halogenated alkanes) is 1. The quantitative estimate of drug-likeness (QED) is 0.632. The molecule has 0 bridgehead atoms. The van der Waals surface area contributed by atoms with Crippen LogP contribution < -0.4 is 5.32 Å². The van der Waals surface area contributed by atoms with Crippen LogP contribution >= 0.6 is 0 Å². The minimum absolute atomic E-state index is 0.927. The largest absolute Gasteiger partial charge is 0.315 e. The second-order valence-electron chi connectivity index (χ2n) is 4.30. The molecule has 1 unspecified atom stereocenters. The molecule has 0 saturated carbocycles. The number of hydrogen-bond acceptors (Lipinski definition) is 2. The first-order valence-corrected chi connectivity index (χ1v) is 5.76. The Morgan fingerprint density at radius 2 is 2.23 bits per heavy atom. The van der Waals surface area contributed by atoms with Gasteiger partial charge >= 0.3 is 0 Å². The van der Waals surface area contributed by atoms with Gasteiger partial charge in [-0.25, -0.2) is 0 Å². The molecule has 0 amide bonds. The average molecular weight is 184 g/mol. The highest BCUT2D eigenvalue weighted by molar-refractivity contribution is 4.72. The van der Waals surface area contributed by atoms with Crippen molar-refractivity contribution in [3.8, 4) is 0 Å².